The Balaban J connectivity index is 1.62. The normalized spacial score (nSPS) is 11.0. The van der Waals surface area contributed by atoms with Crippen molar-refractivity contribution in [3.05, 3.63) is 77.6 Å². The number of nitrogens with one attached hydrogen (secondary N) is 3. The number of rotatable bonds is 3. The second-order valence-corrected chi connectivity index (χ2v) is 6.50. The van der Waals surface area contributed by atoms with Gasteiger partial charge in [-0.25, -0.2) is 0 Å². The zero-order chi connectivity index (χ0) is 21.0. The lowest BCUT2D eigenvalue weighted by molar-refractivity contribution is -0.137. The topological polar surface area (TPSA) is 66.3 Å². The molecule has 0 saturated heterocycles. The van der Waals surface area contributed by atoms with E-state index in [-0.39, 0.29) is 22.2 Å². The Bertz CT molecular complexity index is 1050. The molecule has 0 unspecified atom stereocenters. The van der Waals surface area contributed by atoms with Gasteiger partial charge in [-0.1, -0.05) is 30.3 Å². The van der Waals surface area contributed by atoms with E-state index in [0.29, 0.717) is 0 Å². The highest BCUT2D eigenvalue weighted by Gasteiger charge is 2.30. The first-order valence-electron chi connectivity index (χ1n) is 8.44. The third-order valence-electron chi connectivity index (χ3n) is 3.99. The number of halogens is 3. The number of benzene rings is 2. The molecule has 0 aliphatic heterocycles. The summed E-state index contributed by atoms with van der Waals surface area (Å²) in [6, 6.07) is 14.9. The highest BCUT2D eigenvalue weighted by atomic mass is 32.1. The molecule has 0 saturated carbocycles. The van der Waals surface area contributed by atoms with E-state index in [1.54, 1.807) is 0 Å². The summed E-state index contributed by atoms with van der Waals surface area (Å²) in [7, 11) is 0. The highest BCUT2D eigenvalue weighted by Crippen LogP contribution is 2.32. The van der Waals surface area contributed by atoms with Crippen LogP contribution in [-0.4, -0.2) is 11.0 Å². The minimum Gasteiger partial charge on any atom is -0.451 e. The van der Waals surface area contributed by atoms with E-state index in [4.69, 9.17) is 16.6 Å². The number of anilines is 1. The summed E-state index contributed by atoms with van der Waals surface area (Å²) in [6.45, 7) is 1.90. The van der Waals surface area contributed by atoms with Gasteiger partial charge in [0.15, 0.2) is 10.9 Å². The summed E-state index contributed by atoms with van der Waals surface area (Å²) in [6.07, 6.45) is -4.47. The molecular weight excluding hydrogens is 403 g/mol. The van der Waals surface area contributed by atoms with Crippen LogP contribution in [0.3, 0.4) is 0 Å². The molecule has 0 atom stereocenters. The van der Waals surface area contributed by atoms with Gasteiger partial charge < -0.3 is 9.73 Å². The van der Waals surface area contributed by atoms with Crippen LogP contribution in [0.2, 0.25) is 0 Å². The molecule has 1 heterocycles. The Morgan fingerprint density at radius 1 is 1.00 bits per heavy atom. The van der Waals surface area contributed by atoms with Crippen LogP contribution in [0.4, 0.5) is 18.9 Å². The van der Waals surface area contributed by atoms with Crippen LogP contribution < -0.4 is 16.2 Å². The van der Waals surface area contributed by atoms with Crippen LogP contribution >= 0.6 is 12.2 Å². The van der Waals surface area contributed by atoms with E-state index in [1.807, 2.05) is 31.2 Å². The maximum atomic E-state index is 12.9. The molecule has 150 valence electrons. The largest absolute Gasteiger partial charge is 0.451 e. The third kappa shape index (κ3) is 5.14. The lowest BCUT2D eigenvalue weighted by Crippen LogP contribution is -2.43. The zero-order valence-corrected chi connectivity index (χ0v) is 15.9. The molecule has 0 fully saturated rings. The monoisotopic (exact) mass is 419 g/mol. The smallest absolute Gasteiger partial charge is 0.416 e. The molecule has 2 aromatic carbocycles. The van der Waals surface area contributed by atoms with E-state index in [2.05, 4.69) is 16.2 Å². The molecule has 29 heavy (non-hydrogen) atoms. The van der Waals surface area contributed by atoms with E-state index >= 15 is 0 Å². The SMILES string of the molecule is Cc1ccccc1NC(=S)NNC(=O)c1ccc(-c2cccc(C(F)(F)F)c2)o1. The fraction of sp³-hybridized carbons (Fsp3) is 0.100. The molecule has 3 aromatic rings. The second-order valence-electron chi connectivity index (χ2n) is 6.09. The molecule has 0 aliphatic carbocycles. The minimum atomic E-state index is -4.47. The highest BCUT2D eigenvalue weighted by molar-refractivity contribution is 7.80. The van der Waals surface area contributed by atoms with Crippen molar-refractivity contribution >= 4 is 28.9 Å². The number of alkyl halides is 3. The fourth-order valence-electron chi connectivity index (χ4n) is 2.51. The van der Waals surface area contributed by atoms with Crippen molar-refractivity contribution in [2.75, 3.05) is 5.32 Å². The molecule has 0 bridgehead atoms. The summed E-state index contributed by atoms with van der Waals surface area (Å²) in [5.74, 6) is -0.567. The van der Waals surface area contributed by atoms with Crippen molar-refractivity contribution in [3.63, 3.8) is 0 Å². The van der Waals surface area contributed by atoms with Crippen LogP contribution in [0.5, 0.6) is 0 Å². The van der Waals surface area contributed by atoms with Crippen LogP contribution in [0, 0.1) is 6.92 Å². The standard InChI is InChI=1S/C20H16F3N3O2S/c1-12-5-2-3-8-15(12)24-19(29)26-25-18(27)17-10-9-16(28-17)13-6-4-7-14(11-13)20(21,22)23/h2-11H,1H3,(H,25,27)(H2,24,26,29). The van der Waals surface area contributed by atoms with Crippen LogP contribution in [0.15, 0.2) is 65.1 Å². The second kappa shape index (κ2) is 8.36. The van der Waals surface area contributed by atoms with Crippen molar-refractivity contribution in [3.8, 4) is 11.3 Å². The summed E-state index contributed by atoms with van der Waals surface area (Å²) in [5.41, 5.74) is 6.08. The molecule has 0 aliphatic rings. The zero-order valence-electron chi connectivity index (χ0n) is 15.1. The van der Waals surface area contributed by atoms with E-state index in [0.717, 1.165) is 23.4 Å². The lowest BCUT2D eigenvalue weighted by atomic mass is 10.1. The number of furan rings is 1. The molecule has 9 heteroatoms. The Labute approximate surface area is 169 Å². The molecule has 1 amide bonds. The van der Waals surface area contributed by atoms with Crippen LogP contribution in [0.25, 0.3) is 11.3 Å². The number of hydrogen-bond donors (Lipinski definition) is 3. The van der Waals surface area contributed by atoms with E-state index in [1.165, 1.54) is 24.3 Å². The van der Waals surface area contributed by atoms with Gasteiger partial charge in [0, 0.05) is 11.3 Å². The maximum absolute atomic E-state index is 12.9. The minimum absolute atomic E-state index is 0.0800. The van der Waals surface area contributed by atoms with Gasteiger partial charge in [-0.3, -0.25) is 15.6 Å². The number of para-hydroxylation sites is 1. The summed E-state index contributed by atoms with van der Waals surface area (Å²) in [4.78, 5) is 12.2. The van der Waals surface area contributed by atoms with Gasteiger partial charge in [0.1, 0.15) is 5.76 Å². The number of carbonyl (C=O) groups excluding carboxylic acids is 1. The molecule has 0 radical (unpaired) electrons. The van der Waals surface area contributed by atoms with Gasteiger partial charge in [-0.15, -0.1) is 0 Å². The first-order chi connectivity index (χ1) is 13.7. The average molecular weight is 419 g/mol. The predicted molar refractivity (Wildman–Crippen MR) is 107 cm³/mol. The van der Waals surface area contributed by atoms with Gasteiger partial charge in [0.25, 0.3) is 0 Å². The number of aryl methyl sites for hydroxylation is 1. The van der Waals surface area contributed by atoms with Gasteiger partial charge in [-0.05, 0) is 55.0 Å². The third-order valence-corrected chi connectivity index (χ3v) is 4.19. The number of hydrazine groups is 1. The first kappa shape index (κ1) is 20.4. The molecule has 3 N–H and O–H groups in total. The Morgan fingerprint density at radius 2 is 1.76 bits per heavy atom. The number of hydrogen-bond acceptors (Lipinski definition) is 3. The van der Waals surface area contributed by atoms with Gasteiger partial charge >= 0.3 is 12.1 Å². The maximum Gasteiger partial charge on any atom is 0.416 e. The quantitative estimate of drug-likeness (QED) is 0.416. The molecule has 5 nitrogen and oxygen atoms in total. The summed E-state index contributed by atoms with van der Waals surface area (Å²) < 4.78 is 43.9. The van der Waals surface area contributed by atoms with Crippen molar-refractivity contribution < 1.29 is 22.4 Å². The van der Waals surface area contributed by atoms with Crippen LogP contribution in [0.1, 0.15) is 21.7 Å². The molecule has 1 aromatic heterocycles. The molecule has 3 rings (SSSR count). The fourth-order valence-corrected chi connectivity index (χ4v) is 2.67. The van der Waals surface area contributed by atoms with Crippen molar-refractivity contribution in [2.45, 2.75) is 13.1 Å². The molecular formula is C20H16F3N3O2S. The van der Waals surface area contributed by atoms with E-state index in [9.17, 15) is 18.0 Å². The van der Waals surface area contributed by atoms with Crippen LogP contribution in [-0.2, 0) is 6.18 Å². The average Bonchev–Trinajstić information content (AvgIpc) is 3.18. The van der Waals surface area contributed by atoms with Gasteiger partial charge in [-0.2, -0.15) is 13.2 Å². The van der Waals surface area contributed by atoms with Gasteiger partial charge in [0.2, 0.25) is 0 Å². The summed E-state index contributed by atoms with van der Waals surface area (Å²) >= 11 is 5.12. The van der Waals surface area contributed by atoms with Crippen molar-refractivity contribution in [2.24, 2.45) is 0 Å². The number of amides is 1. The lowest BCUT2D eigenvalue weighted by Gasteiger charge is -2.12. The summed E-state index contributed by atoms with van der Waals surface area (Å²) in [5, 5.41) is 3.10. The predicted octanol–water partition coefficient (Wildman–Crippen LogP) is 4.91. The molecule has 0 spiro atoms. The Kier molecular flexibility index (Phi) is 5.88. The van der Waals surface area contributed by atoms with Crippen molar-refractivity contribution in [1.29, 1.82) is 0 Å². The Hall–Kier alpha value is -3.33. The number of carbonyl (C=O) groups is 1. The Morgan fingerprint density at radius 3 is 2.48 bits per heavy atom. The number of thiocarbonyl (C=S) groups is 1. The van der Waals surface area contributed by atoms with E-state index < -0.39 is 17.6 Å². The van der Waals surface area contributed by atoms with Crippen molar-refractivity contribution in [1.82, 2.24) is 10.9 Å². The van der Waals surface area contributed by atoms with Gasteiger partial charge in [0.05, 0.1) is 5.56 Å². The first-order valence-corrected chi connectivity index (χ1v) is 8.85.